The Bertz CT molecular complexity index is 1130. The number of aryl methyl sites for hydroxylation is 2. The van der Waals surface area contributed by atoms with Crippen LogP contribution in [-0.4, -0.2) is 53.9 Å². The van der Waals surface area contributed by atoms with E-state index in [1.165, 1.54) is 6.33 Å². The van der Waals surface area contributed by atoms with Crippen molar-refractivity contribution in [2.24, 2.45) is 0 Å². The Balaban J connectivity index is 1.44. The maximum absolute atomic E-state index is 13.0. The molecule has 4 rings (SSSR count). The first kappa shape index (κ1) is 20.2. The summed E-state index contributed by atoms with van der Waals surface area (Å²) in [4.78, 5) is 15.3. The summed E-state index contributed by atoms with van der Waals surface area (Å²) in [5.74, 6) is 2.10. The molecule has 3 heterocycles. The van der Waals surface area contributed by atoms with Gasteiger partial charge in [-0.1, -0.05) is 12.1 Å². The molecular weight excluding hydrogens is 400 g/mol. The summed E-state index contributed by atoms with van der Waals surface area (Å²) in [5.41, 5.74) is 2.06. The van der Waals surface area contributed by atoms with Crippen molar-refractivity contribution >= 4 is 27.5 Å². The normalized spacial score (nSPS) is 15.2. The van der Waals surface area contributed by atoms with Crippen molar-refractivity contribution in [3.8, 4) is 0 Å². The zero-order valence-corrected chi connectivity index (χ0v) is 17.8. The van der Waals surface area contributed by atoms with Gasteiger partial charge in [0.1, 0.15) is 23.8 Å². The average molecular weight is 425 g/mol. The third-order valence-corrected chi connectivity index (χ3v) is 7.15. The smallest absolute Gasteiger partial charge is 0.243 e. The van der Waals surface area contributed by atoms with E-state index in [-0.39, 0.29) is 0 Å². The SMILES string of the molecule is Cc1ccc(S(=O)(=O)N2CCN(c3cc(Nc4ccccn4)ncn3)CC2)cc1C. The summed E-state index contributed by atoms with van der Waals surface area (Å²) in [6.45, 7) is 5.83. The van der Waals surface area contributed by atoms with Crippen molar-refractivity contribution in [2.75, 3.05) is 36.4 Å². The molecule has 1 fully saturated rings. The van der Waals surface area contributed by atoms with Gasteiger partial charge in [0.15, 0.2) is 0 Å². The lowest BCUT2D eigenvalue weighted by atomic mass is 10.1. The van der Waals surface area contributed by atoms with Gasteiger partial charge in [0.2, 0.25) is 10.0 Å². The first-order valence-electron chi connectivity index (χ1n) is 9.76. The fourth-order valence-corrected chi connectivity index (χ4v) is 4.85. The van der Waals surface area contributed by atoms with Gasteiger partial charge >= 0.3 is 0 Å². The monoisotopic (exact) mass is 424 g/mol. The number of nitrogens with zero attached hydrogens (tertiary/aromatic N) is 5. The van der Waals surface area contributed by atoms with Crippen LogP contribution in [0.3, 0.4) is 0 Å². The number of hydrogen-bond acceptors (Lipinski definition) is 7. The van der Waals surface area contributed by atoms with E-state index in [2.05, 4.69) is 25.2 Å². The van der Waals surface area contributed by atoms with Crippen LogP contribution in [0.4, 0.5) is 17.5 Å². The number of piperazine rings is 1. The first-order valence-corrected chi connectivity index (χ1v) is 11.2. The lowest BCUT2D eigenvalue weighted by Gasteiger charge is -2.34. The average Bonchev–Trinajstić information content (AvgIpc) is 2.76. The minimum Gasteiger partial charge on any atom is -0.354 e. The van der Waals surface area contributed by atoms with Gasteiger partial charge in [-0.3, -0.25) is 0 Å². The van der Waals surface area contributed by atoms with Crippen LogP contribution >= 0.6 is 0 Å². The van der Waals surface area contributed by atoms with Crippen LogP contribution in [-0.2, 0) is 10.0 Å². The Morgan fingerprint density at radius 3 is 2.37 bits per heavy atom. The maximum atomic E-state index is 13.0. The van der Waals surface area contributed by atoms with Crippen LogP contribution < -0.4 is 10.2 Å². The van der Waals surface area contributed by atoms with Crippen molar-refractivity contribution in [3.05, 3.63) is 66.1 Å². The lowest BCUT2D eigenvalue weighted by Crippen LogP contribution is -2.48. The minimum absolute atomic E-state index is 0.350. The molecule has 0 aliphatic carbocycles. The predicted molar refractivity (Wildman–Crippen MR) is 116 cm³/mol. The highest BCUT2D eigenvalue weighted by Gasteiger charge is 2.29. The van der Waals surface area contributed by atoms with Gasteiger partial charge in [0.05, 0.1) is 4.90 Å². The van der Waals surface area contributed by atoms with Crippen molar-refractivity contribution in [2.45, 2.75) is 18.7 Å². The van der Waals surface area contributed by atoms with E-state index >= 15 is 0 Å². The molecule has 0 saturated carbocycles. The molecule has 0 atom stereocenters. The fraction of sp³-hybridized carbons (Fsp3) is 0.286. The second-order valence-corrected chi connectivity index (χ2v) is 9.18. The van der Waals surface area contributed by atoms with E-state index < -0.39 is 10.0 Å². The van der Waals surface area contributed by atoms with Crippen LogP contribution in [0.5, 0.6) is 0 Å². The van der Waals surface area contributed by atoms with Gasteiger partial charge < -0.3 is 10.2 Å². The van der Waals surface area contributed by atoms with E-state index in [1.807, 2.05) is 44.2 Å². The Kier molecular flexibility index (Phi) is 5.65. The standard InChI is InChI=1S/C21H24N6O2S/c1-16-6-7-18(13-17(16)2)30(28,29)27-11-9-26(10-12-27)21-14-20(23-15-24-21)25-19-5-3-4-8-22-19/h3-8,13-15H,9-12H2,1-2H3,(H,22,23,24,25). The highest BCUT2D eigenvalue weighted by atomic mass is 32.2. The molecule has 2 aromatic heterocycles. The molecule has 156 valence electrons. The van der Waals surface area contributed by atoms with Crippen molar-refractivity contribution < 1.29 is 8.42 Å². The Morgan fingerprint density at radius 1 is 0.867 bits per heavy atom. The van der Waals surface area contributed by atoms with E-state index in [4.69, 9.17) is 0 Å². The summed E-state index contributed by atoms with van der Waals surface area (Å²) >= 11 is 0. The van der Waals surface area contributed by atoms with Gasteiger partial charge in [-0.2, -0.15) is 4.31 Å². The van der Waals surface area contributed by atoms with E-state index in [1.54, 1.807) is 22.6 Å². The third-order valence-electron chi connectivity index (χ3n) is 5.25. The number of aromatic nitrogens is 3. The van der Waals surface area contributed by atoms with E-state index in [0.717, 1.165) is 16.9 Å². The number of pyridine rings is 1. The number of rotatable bonds is 5. The Hall–Kier alpha value is -3.04. The first-order chi connectivity index (χ1) is 14.4. The van der Waals surface area contributed by atoms with E-state index in [9.17, 15) is 8.42 Å². The summed E-state index contributed by atoms with van der Waals surface area (Å²) in [6.07, 6.45) is 3.21. The zero-order chi connectivity index (χ0) is 21.1. The molecule has 8 nitrogen and oxygen atoms in total. The molecule has 0 spiro atoms. The van der Waals surface area contributed by atoms with Crippen molar-refractivity contribution in [1.29, 1.82) is 0 Å². The number of benzene rings is 1. The molecule has 0 radical (unpaired) electrons. The molecule has 30 heavy (non-hydrogen) atoms. The van der Waals surface area contributed by atoms with Crippen LogP contribution in [0.15, 0.2) is 59.9 Å². The van der Waals surface area contributed by atoms with Gasteiger partial charge in [-0.25, -0.2) is 23.4 Å². The topological polar surface area (TPSA) is 91.3 Å². The quantitative estimate of drug-likeness (QED) is 0.673. The molecule has 9 heteroatoms. The summed E-state index contributed by atoms with van der Waals surface area (Å²) in [5, 5.41) is 3.15. The van der Waals surface area contributed by atoms with Crippen LogP contribution in [0.1, 0.15) is 11.1 Å². The van der Waals surface area contributed by atoms with Gasteiger partial charge in [0, 0.05) is 38.4 Å². The van der Waals surface area contributed by atoms with Gasteiger partial charge in [-0.15, -0.1) is 0 Å². The van der Waals surface area contributed by atoms with Crippen LogP contribution in [0, 0.1) is 13.8 Å². The molecular formula is C21H24N6O2S. The third kappa shape index (κ3) is 4.27. The molecule has 1 saturated heterocycles. The van der Waals surface area contributed by atoms with Crippen molar-refractivity contribution in [1.82, 2.24) is 19.3 Å². The Morgan fingerprint density at radius 2 is 1.67 bits per heavy atom. The predicted octanol–water partition coefficient (Wildman–Crippen LogP) is 2.74. The number of sulfonamides is 1. The zero-order valence-electron chi connectivity index (χ0n) is 17.0. The second kappa shape index (κ2) is 8.37. The van der Waals surface area contributed by atoms with Gasteiger partial charge in [0.25, 0.3) is 0 Å². The molecule has 3 aromatic rings. The molecule has 1 aliphatic rings. The number of hydrogen-bond donors (Lipinski definition) is 1. The molecule has 1 aromatic carbocycles. The molecule has 1 aliphatic heterocycles. The highest BCUT2D eigenvalue weighted by Crippen LogP contribution is 2.23. The summed E-state index contributed by atoms with van der Waals surface area (Å²) in [6, 6.07) is 12.7. The second-order valence-electron chi connectivity index (χ2n) is 7.24. The van der Waals surface area contributed by atoms with Crippen LogP contribution in [0.25, 0.3) is 0 Å². The lowest BCUT2D eigenvalue weighted by molar-refractivity contribution is 0.383. The van der Waals surface area contributed by atoms with Crippen LogP contribution in [0.2, 0.25) is 0 Å². The molecule has 0 unspecified atom stereocenters. The number of nitrogens with one attached hydrogen (secondary N) is 1. The van der Waals surface area contributed by atoms with Crippen molar-refractivity contribution in [3.63, 3.8) is 0 Å². The largest absolute Gasteiger partial charge is 0.354 e. The Labute approximate surface area is 176 Å². The minimum atomic E-state index is -3.50. The maximum Gasteiger partial charge on any atom is 0.243 e. The summed E-state index contributed by atoms with van der Waals surface area (Å²) < 4.78 is 27.6. The number of anilines is 3. The molecule has 1 N–H and O–H groups in total. The van der Waals surface area contributed by atoms with Gasteiger partial charge in [-0.05, 0) is 49.2 Å². The molecule has 0 amide bonds. The molecule has 0 bridgehead atoms. The fourth-order valence-electron chi connectivity index (χ4n) is 3.34. The highest BCUT2D eigenvalue weighted by molar-refractivity contribution is 7.89. The summed E-state index contributed by atoms with van der Waals surface area (Å²) in [7, 11) is -3.50. The van der Waals surface area contributed by atoms with E-state index in [0.29, 0.717) is 42.7 Å².